The van der Waals surface area contributed by atoms with Gasteiger partial charge in [0.2, 0.25) is 0 Å². The number of nitrogens with one attached hydrogen (secondary N) is 1. The lowest BCUT2D eigenvalue weighted by molar-refractivity contribution is 0.627. The van der Waals surface area contributed by atoms with Crippen LogP contribution in [0, 0.1) is 10.6 Å². The molecule has 2 aromatic rings. The van der Waals surface area contributed by atoms with Gasteiger partial charge in [0, 0.05) is 17.1 Å². The van der Waals surface area contributed by atoms with E-state index in [-0.39, 0.29) is 5.82 Å². The molecule has 6 heteroatoms. The van der Waals surface area contributed by atoms with Crippen LogP contribution in [0.15, 0.2) is 22.7 Å². The number of aromatic amines is 1. The molecular weight excluding hydrogens is 281 g/mol. The van der Waals surface area contributed by atoms with Crippen molar-refractivity contribution in [3.8, 4) is 11.4 Å². The molecule has 0 unspecified atom stereocenters. The Morgan fingerprint density at radius 2 is 2.27 bits per heavy atom. The molecule has 0 amide bonds. The molecule has 2 rings (SSSR count). The van der Waals surface area contributed by atoms with E-state index in [4.69, 9.17) is 12.2 Å². The number of hydrogen-bond acceptors (Lipinski definition) is 2. The quantitative estimate of drug-likeness (QED) is 0.818. The van der Waals surface area contributed by atoms with Crippen molar-refractivity contribution in [2.24, 2.45) is 7.05 Å². The number of benzene rings is 1. The van der Waals surface area contributed by atoms with Crippen LogP contribution in [0.4, 0.5) is 4.39 Å². The summed E-state index contributed by atoms with van der Waals surface area (Å²) in [6, 6.07) is 4.44. The first kappa shape index (κ1) is 10.5. The second-order valence-corrected chi connectivity index (χ2v) is 4.28. The highest BCUT2D eigenvalue weighted by molar-refractivity contribution is 9.10. The lowest BCUT2D eigenvalue weighted by Crippen LogP contribution is -1.93. The number of nitrogens with zero attached hydrogens (tertiary/aromatic N) is 2. The van der Waals surface area contributed by atoms with Gasteiger partial charge in [0.15, 0.2) is 10.6 Å². The zero-order valence-corrected chi connectivity index (χ0v) is 10.2. The Morgan fingerprint density at radius 3 is 2.80 bits per heavy atom. The van der Waals surface area contributed by atoms with Crippen molar-refractivity contribution in [1.82, 2.24) is 14.8 Å². The van der Waals surface area contributed by atoms with Crippen molar-refractivity contribution in [2.45, 2.75) is 0 Å². The van der Waals surface area contributed by atoms with Gasteiger partial charge in [-0.15, -0.1) is 0 Å². The largest absolute Gasteiger partial charge is 0.303 e. The number of aromatic nitrogens is 3. The minimum absolute atomic E-state index is 0.289. The van der Waals surface area contributed by atoms with E-state index in [1.807, 2.05) is 0 Å². The van der Waals surface area contributed by atoms with Gasteiger partial charge in [-0.3, -0.25) is 5.10 Å². The van der Waals surface area contributed by atoms with Crippen molar-refractivity contribution in [3.05, 3.63) is 33.3 Å². The Labute approximate surface area is 99.1 Å². The SMILES string of the molecule is Cn1c(-c2ccc(F)cc2Br)n[nH]c1=S. The van der Waals surface area contributed by atoms with Crippen molar-refractivity contribution >= 4 is 28.1 Å². The average molecular weight is 288 g/mol. The summed E-state index contributed by atoms with van der Waals surface area (Å²) < 4.78 is 15.8. The number of rotatable bonds is 1. The van der Waals surface area contributed by atoms with E-state index >= 15 is 0 Å². The van der Waals surface area contributed by atoms with Gasteiger partial charge in [-0.05, 0) is 46.3 Å². The fraction of sp³-hybridized carbons (Fsp3) is 0.111. The van der Waals surface area contributed by atoms with Crippen LogP contribution in [-0.4, -0.2) is 14.8 Å². The Bertz CT molecular complexity index is 561. The van der Waals surface area contributed by atoms with Gasteiger partial charge in [-0.2, -0.15) is 5.10 Å². The van der Waals surface area contributed by atoms with E-state index in [0.717, 1.165) is 5.56 Å². The number of H-pyrrole nitrogens is 1. The molecule has 1 N–H and O–H groups in total. The van der Waals surface area contributed by atoms with Gasteiger partial charge in [0.05, 0.1) is 0 Å². The fourth-order valence-electron chi connectivity index (χ4n) is 1.26. The summed E-state index contributed by atoms with van der Waals surface area (Å²) in [6.45, 7) is 0. The first-order chi connectivity index (χ1) is 7.09. The summed E-state index contributed by atoms with van der Waals surface area (Å²) in [4.78, 5) is 0. The normalized spacial score (nSPS) is 10.6. The second kappa shape index (κ2) is 3.86. The third kappa shape index (κ3) is 1.87. The molecule has 3 nitrogen and oxygen atoms in total. The van der Waals surface area contributed by atoms with Crippen LogP contribution in [0.2, 0.25) is 0 Å². The predicted molar refractivity (Wildman–Crippen MR) is 61.5 cm³/mol. The Morgan fingerprint density at radius 1 is 1.53 bits per heavy atom. The molecule has 78 valence electrons. The molecule has 0 saturated carbocycles. The third-order valence-electron chi connectivity index (χ3n) is 2.05. The van der Waals surface area contributed by atoms with E-state index in [2.05, 4.69) is 26.1 Å². The summed E-state index contributed by atoms with van der Waals surface area (Å²) in [5.41, 5.74) is 0.797. The molecule has 1 heterocycles. The van der Waals surface area contributed by atoms with Gasteiger partial charge in [-0.1, -0.05) is 0 Å². The smallest absolute Gasteiger partial charge is 0.195 e. The molecule has 1 aromatic carbocycles. The van der Waals surface area contributed by atoms with E-state index in [9.17, 15) is 4.39 Å². The lowest BCUT2D eigenvalue weighted by atomic mass is 10.2. The van der Waals surface area contributed by atoms with Crippen LogP contribution in [0.3, 0.4) is 0 Å². The minimum atomic E-state index is -0.289. The number of hydrogen-bond donors (Lipinski definition) is 1. The molecule has 0 bridgehead atoms. The fourth-order valence-corrected chi connectivity index (χ4v) is 1.92. The average Bonchev–Trinajstić information content (AvgIpc) is 2.49. The molecule has 0 spiro atoms. The summed E-state index contributed by atoms with van der Waals surface area (Å²) in [5.74, 6) is 0.384. The molecule has 0 aliphatic rings. The molecule has 0 atom stereocenters. The first-order valence-corrected chi connectivity index (χ1v) is 5.36. The van der Waals surface area contributed by atoms with Gasteiger partial charge >= 0.3 is 0 Å². The topological polar surface area (TPSA) is 33.6 Å². The zero-order chi connectivity index (χ0) is 11.0. The molecular formula is C9H7BrFN3S. The maximum absolute atomic E-state index is 12.9. The molecule has 0 radical (unpaired) electrons. The van der Waals surface area contributed by atoms with Crippen LogP contribution in [0.25, 0.3) is 11.4 Å². The molecule has 0 aliphatic heterocycles. The van der Waals surface area contributed by atoms with Gasteiger partial charge in [0.25, 0.3) is 0 Å². The van der Waals surface area contributed by atoms with Crippen LogP contribution < -0.4 is 0 Å². The standard InChI is InChI=1S/C9H7BrFN3S/c1-14-8(12-13-9(14)15)6-3-2-5(11)4-7(6)10/h2-4H,1H3,(H,13,15). The molecule has 0 saturated heterocycles. The van der Waals surface area contributed by atoms with E-state index in [1.54, 1.807) is 17.7 Å². The monoisotopic (exact) mass is 287 g/mol. The Balaban J connectivity index is 2.64. The van der Waals surface area contributed by atoms with Crippen LogP contribution in [0.1, 0.15) is 0 Å². The lowest BCUT2D eigenvalue weighted by Gasteiger charge is -2.03. The van der Waals surface area contributed by atoms with E-state index in [1.165, 1.54) is 12.1 Å². The maximum atomic E-state index is 12.9. The summed E-state index contributed by atoms with van der Waals surface area (Å²) in [6.07, 6.45) is 0. The highest BCUT2D eigenvalue weighted by atomic mass is 79.9. The van der Waals surface area contributed by atoms with Gasteiger partial charge in [0.1, 0.15) is 5.82 Å². The van der Waals surface area contributed by atoms with E-state index < -0.39 is 0 Å². The predicted octanol–water partition coefficient (Wildman–Crippen LogP) is 3.05. The van der Waals surface area contributed by atoms with Crippen LogP contribution >= 0.6 is 28.1 Å². The third-order valence-corrected chi connectivity index (χ3v) is 3.07. The molecule has 15 heavy (non-hydrogen) atoms. The van der Waals surface area contributed by atoms with Gasteiger partial charge < -0.3 is 4.57 Å². The van der Waals surface area contributed by atoms with Crippen molar-refractivity contribution in [3.63, 3.8) is 0 Å². The Kier molecular flexibility index (Phi) is 2.70. The van der Waals surface area contributed by atoms with Crippen molar-refractivity contribution in [1.29, 1.82) is 0 Å². The van der Waals surface area contributed by atoms with Crippen LogP contribution in [0.5, 0.6) is 0 Å². The molecule has 0 fully saturated rings. The highest BCUT2D eigenvalue weighted by Gasteiger charge is 2.09. The number of halogens is 2. The van der Waals surface area contributed by atoms with Crippen molar-refractivity contribution in [2.75, 3.05) is 0 Å². The first-order valence-electron chi connectivity index (χ1n) is 4.16. The Hall–Kier alpha value is -1.01. The summed E-state index contributed by atoms with van der Waals surface area (Å²) >= 11 is 8.28. The summed E-state index contributed by atoms with van der Waals surface area (Å²) in [7, 11) is 1.80. The maximum Gasteiger partial charge on any atom is 0.195 e. The minimum Gasteiger partial charge on any atom is -0.303 e. The second-order valence-electron chi connectivity index (χ2n) is 3.04. The van der Waals surface area contributed by atoms with Gasteiger partial charge in [-0.25, -0.2) is 4.39 Å². The zero-order valence-electron chi connectivity index (χ0n) is 7.79. The summed E-state index contributed by atoms with van der Waals surface area (Å²) in [5, 5.41) is 6.75. The van der Waals surface area contributed by atoms with Crippen LogP contribution in [-0.2, 0) is 7.05 Å². The van der Waals surface area contributed by atoms with Crippen molar-refractivity contribution < 1.29 is 4.39 Å². The highest BCUT2D eigenvalue weighted by Crippen LogP contribution is 2.26. The molecule has 1 aromatic heterocycles. The molecule has 0 aliphatic carbocycles. The van der Waals surface area contributed by atoms with E-state index in [0.29, 0.717) is 15.1 Å².